The van der Waals surface area contributed by atoms with E-state index >= 15 is 0 Å². The van der Waals surface area contributed by atoms with Crippen molar-refractivity contribution in [2.24, 2.45) is 10.9 Å². The third-order valence-electron chi connectivity index (χ3n) is 1.81. The zero-order chi connectivity index (χ0) is 11.3. The van der Waals surface area contributed by atoms with Crippen LogP contribution in [-0.4, -0.2) is 26.4 Å². The highest BCUT2D eigenvalue weighted by atomic mass is 16.5. The molecule has 0 fully saturated rings. The Bertz CT molecular complexity index is 388. The van der Waals surface area contributed by atoms with E-state index in [1.54, 1.807) is 18.2 Å². The van der Waals surface area contributed by atoms with Gasteiger partial charge in [-0.1, -0.05) is 0 Å². The van der Waals surface area contributed by atoms with Gasteiger partial charge in [0.05, 0.1) is 26.0 Å². The third kappa shape index (κ3) is 2.70. The van der Waals surface area contributed by atoms with Gasteiger partial charge >= 0.3 is 5.97 Å². The fraction of sp³-hybridized carbons (Fsp3) is 0.200. The Morgan fingerprint density at radius 3 is 2.67 bits per heavy atom. The van der Waals surface area contributed by atoms with Gasteiger partial charge in [-0.15, -0.1) is 0 Å². The molecule has 1 aromatic carbocycles. The standard InChI is InChI=1S/C10H12N2O3/c1-14-9-4-7(6-12-11)3-8(5-9)10(13)15-2/h3-6H,11H2,1-2H3. The van der Waals surface area contributed by atoms with Gasteiger partial charge in [-0.2, -0.15) is 5.10 Å². The van der Waals surface area contributed by atoms with Crippen LogP contribution in [0.3, 0.4) is 0 Å². The van der Waals surface area contributed by atoms with E-state index in [-0.39, 0.29) is 0 Å². The number of ether oxygens (including phenoxy) is 2. The van der Waals surface area contributed by atoms with E-state index in [1.165, 1.54) is 20.4 Å². The average Bonchev–Trinajstić information content (AvgIpc) is 2.28. The first-order chi connectivity index (χ1) is 7.21. The summed E-state index contributed by atoms with van der Waals surface area (Å²) in [6, 6.07) is 4.91. The van der Waals surface area contributed by atoms with Crippen molar-refractivity contribution in [2.45, 2.75) is 0 Å². The second-order valence-corrected chi connectivity index (χ2v) is 2.76. The lowest BCUT2D eigenvalue weighted by Crippen LogP contribution is -2.03. The largest absolute Gasteiger partial charge is 0.497 e. The van der Waals surface area contributed by atoms with Crippen LogP contribution in [0.2, 0.25) is 0 Å². The molecular formula is C10H12N2O3. The van der Waals surface area contributed by atoms with Gasteiger partial charge in [0.2, 0.25) is 0 Å². The van der Waals surface area contributed by atoms with Gasteiger partial charge in [-0.05, 0) is 23.8 Å². The number of carbonyl (C=O) groups is 1. The van der Waals surface area contributed by atoms with Crippen molar-refractivity contribution in [1.82, 2.24) is 0 Å². The molecule has 0 heterocycles. The Labute approximate surface area is 87.5 Å². The highest BCUT2D eigenvalue weighted by Crippen LogP contribution is 2.16. The predicted octanol–water partition coefficient (Wildman–Crippen LogP) is 0.774. The number of rotatable bonds is 3. The topological polar surface area (TPSA) is 73.9 Å². The summed E-state index contributed by atoms with van der Waals surface area (Å²) in [6.07, 6.45) is 1.43. The van der Waals surface area contributed by atoms with Gasteiger partial charge in [0.25, 0.3) is 0 Å². The first-order valence-electron chi connectivity index (χ1n) is 4.22. The molecule has 0 unspecified atom stereocenters. The number of methoxy groups -OCH3 is 2. The Morgan fingerprint density at radius 1 is 1.40 bits per heavy atom. The monoisotopic (exact) mass is 208 g/mol. The number of esters is 1. The van der Waals surface area contributed by atoms with E-state index in [4.69, 9.17) is 10.6 Å². The molecule has 0 atom stereocenters. The number of hydrogen-bond donors (Lipinski definition) is 1. The summed E-state index contributed by atoms with van der Waals surface area (Å²) in [5.41, 5.74) is 1.07. The summed E-state index contributed by atoms with van der Waals surface area (Å²) in [5.74, 6) is 5.14. The SMILES string of the molecule is COC(=O)c1cc(C=NN)cc(OC)c1. The molecule has 2 N–H and O–H groups in total. The highest BCUT2D eigenvalue weighted by molar-refractivity contribution is 5.92. The molecule has 15 heavy (non-hydrogen) atoms. The lowest BCUT2D eigenvalue weighted by molar-refractivity contribution is 0.0600. The maximum absolute atomic E-state index is 11.3. The maximum Gasteiger partial charge on any atom is 0.338 e. The van der Waals surface area contributed by atoms with Crippen molar-refractivity contribution < 1.29 is 14.3 Å². The van der Waals surface area contributed by atoms with E-state index in [1.807, 2.05) is 0 Å². The molecule has 0 aromatic heterocycles. The highest BCUT2D eigenvalue weighted by Gasteiger charge is 2.08. The zero-order valence-corrected chi connectivity index (χ0v) is 8.56. The first-order valence-corrected chi connectivity index (χ1v) is 4.22. The smallest absolute Gasteiger partial charge is 0.338 e. The molecule has 0 bridgehead atoms. The second-order valence-electron chi connectivity index (χ2n) is 2.76. The van der Waals surface area contributed by atoms with E-state index in [0.717, 1.165) is 0 Å². The Balaban J connectivity index is 3.16. The molecule has 1 aromatic rings. The molecule has 0 saturated carbocycles. The number of hydrogen-bond acceptors (Lipinski definition) is 5. The fourth-order valence-corrected chi connectivity index (χ4v) is 1.14. The Hall–Kier alpha value is -2.04. The van der Waals surface area contributed by atoms with Crippen molar-refractivity contribution in [1.29, 1.82) is 0 Å². The lowest BCUT2D eigenvalue weighted by atomic mass is 10.1. The van der Waals surface area contributed by atoms with E-state index in [2.05, 4.69) is 9.84 Å². The summed E-state index contributed by atoms with van der Waals surface area (Å²) >= 11 is 0. The molecule has 5 nitrogen and oxygen atoms in total. The second kappa shape index (κ2) is 4.99. The quantitative estimate of drug-likeness (QED) is 0.344. The Kier molecular flexibility index (Phi) is 3.68. The minimum Gasteiger partial charge on any atom is -0.497 e. The van der Waals surface area contributed by atoms with Crippen LogP contribution in [0.1, 0.15) is 15.9 Å². The van der Waals surface area contributed by atoms with Gasteiger partial charge in [-0.3, -0.25) is 0 Å². The van der Waals surface area contributed by atoms with E-state index in [0.29, 0.717) is 16.9 Å². The summed E-state index contributed by atoms with van der Waals surface area (Å²) in [4.78, 5) is 11.3. The lowest BCUT2D eigenvalue weighted by Gasteiger charge is -2.04. The number of benzene rings is 1. The van der Waals surface area contributed by atoms with Crippen LogP contribution >= 0.6 is 0 Å². The minimum absolute atomic E-state index is 0.395. The van der Waals surface area contributed by atoms with Crippen LogP contribution in [0, 0.1) is 0 Å². The molecule has 5 heteroatoms. The summed E-state index contributed by atoms with van der Waals surface area (Å²) in [5, 5.41) is 3.37. The van der Waals surface area contributed by atoms with Crippen LogP contribution in [0.25, 0.3) is 0 Å². The van der Waals surface area contributed by atoms with Crippen molar-refractivity contribution in [3.63, 3.8) is 0 Å². The van der Waals surface area contributed by atoms with Crippen molar-refractivity contribution in [3.8, 4) is 5.75 Å². The molecule has 0 radical (unpaired) electrons. The van der Waals surface area contributed by atoms with Gasteiger partial charge in [-0.25, -0.2) is 4.79 Å². The first kappa shape index (κ1) is 11.0. The number of carbonyl (C=O) groups excluding carboxylic acids is 1. The van der Waals surface area contributed by atoms with Crippen LogP contribution in [-0.2, 0) is 4.74 Å². The van der Waals surface area contributed by atoms with Crippen LogP contribution in [0.15, 0.2) is 23.3 Å². The van der Waals surface area contributed by atoms with Crippen molar-refractivity contribution in [3.05, 3.63) is 29.3 Å². The summed E-state index contributed by atoms with van der Waals surface area (Å²) in [6.45, 7) is 0. The third-order valence-corrected chi connectivity index (χ3v) is 1.81. The molecule has 0 aliphatic rings. The molecule has 0 spiro atoms. The molecule has 80 valence electrons. The average molecular weight is 208 g/mol. The molecule has 0 amide bonds. The summed E-state index contributed by atoms with van der Waals surface area (Å²) in [7, 11) is 2.83. The zero-order valence-electron chi connectivity index (χ0n) is 8.56. The Morgan fingerprint density at radius 2 is 2.13 bits per heavy atom. The normalized spacial score (nSPS) is 10.3. The van der Waals surface area contributed by atoms with Gasteiger partial charge in [0, 0.05) is 0 Å². The van der Waals surface area contributed by atoms with E-state index < -0.39 is 5.97 Å². The van der Waals surface area contributed by atoms with Crippen LogP contribution in [0.4, 0.5) is 0 Å². The number of hydrazone groups is 1. The van der Waals surface area contributed by atoms with Crippen LogP contribution < -0.4 is 10.6 Å². The molecular weight excluding hydrogens is 196 g/mol. The molecule has 1 rings (SSSR count). The fourth-order valence-electron chi connectivity index (χ4n) is 1.14. The predicted molar refractivity (Wildman–Crippen MR) is 56.1 cm³/mol. The maximum atomic E-state index is 11.3. The molecule has 0 aliphatic carbocycles. The molecule has 0 saturated heterocycles. The molecule has 0 aliphatic heterocycles. The summed E-state index contributed by atoms with van der Waals surface area (Å²) < 4.78 is 9.62. The van der Waals surface area contributed by atoms with Crippen molar-refractivity contribution >= 4 is 12.2 Å². The van der Waals surface area contributed by atoms with Crippen molar-refractivity contribution in [2.75, 3.05) is 14.2 Å². The van der Waals surface area contributed by atoms with Gasteiger partial charge in [0.15, 0.2) is 0 Å². The number of nitrogens with zero attached hydrogens (tertiary/aromatic N) is 1. The van der Waals surface area contributed by atoms with E-state index in [9.17, 15) is 4.79 Å². The van der Waals surface area contributed by atoms with Gasteiger partial charge < -0.3 is 15.3 Å². The number of nitrogens with two attached hydrogens (primary N) is 1. The van der Waals surface area contributed by atoms with Crippen LogP contribution in [0.5, 0.6) is 5.75 Å². The van der Waals surface area contributed by atoms with Gasteiger partial charge in [0.1, 0.15) is 5.75 Å². The minimum atomic E-state index is -0.430.